The van der Waals surface area contributed by atoms with Crippen molar-refractivity contribution in [3.05, 3.63) is 40.8 Å². The molecule has 160 valence electrons. The quantitative estimate of drug-likeness (QED) is 0.731. The Hall–Kier alpha value is -2.66. The Morgan fingerprint density at radius 1 is 1.20 bits per heavy atom. The van der Waals surface area contributed by atoms with E-state index in [1.165, 1.54) is 34.4 Å². The van der Waals surface area contributed by atoms with Gasteiger partial charge in [0.25, 0.3) is 5.91 Å². The van der Waals surface area contributed by atoms with Gasteiger partial charge in [-0.15, -0.1) is 24.5 Å². The lowest BCUT2D eigenvalue weighted by atomic mass is 10.2. The van der Waals surface area contributed by atoms with Crippen LogP contribution in [0, 0.1) is 0 Å². The maximum absolute atomic E-state index is 12.5. The van der Waals surface area contributed by atoms with Crippen LogP contribution in [0.25, 0.3) is 0 Å². The molecular formula is C19H19F3N4O3S. The van der Waals surface area contributed by atoms with Crippen molar-refractivity contribution in [2.75, 3.05) is 37.6 Å². The van der Waals surface area contributed by atoms with Crippen LogP contribution < -0.4 is 9.64 Å². The van der Waals surface area contributed by atoms with Gasteiger partial charge >= 0.3 is 6.36 Å². The number of thiazole rings is 1. The minimum absolute atomic E-state index is 0.0539. The second kappa shape index (κ2) is 8.23. The second-order valence-electron chi connectivity index (χ2n) is 7.07. The predicted octanol–water partition coefficient (Wildman–Crippen LogP) is 2.61. The van der Waals surface area contributed by atoms with Crippen molar-refractivity contribution >= 4 is 28.8 Å². The Morgan fingerprint density at radius 3 is 2.63 bits per heavy atom. The van der Waals surface area contributed by atoms with Crippen molar-refractivity contribution in [3.8, 4) is 5.75 Å². The number of carbonyl (C=O) groups is 2. The van der Waals surface area contributed by atoms with Gasteiger partial charge in [0.05, 0.1) is 0 Å². The highest BCUT2D eigenvalue weighted by molar-refractivity contribution is 7.11. The van der Waals surface area contributed by atoms with E-state index in [-0.39, 0.29) is 30.0 Å². The molecule has 0 radical (unpaired) electrons. The zero-order chi connectivity index (χ0) is 21.3. The Bertz CT molecular complexity index is 914. The third kappa shape index (κ3) is 4.57. The number of ether oxygens (including phenoxy) is 1. The van der Waals surface area contributed by atoms with Gasteiger partial charge in [-0.3, -0.25) is 14.5 Å². The van der Waals surface area contributed by atoms with E-state index in [1.54, 1.807) is 22.5 Å². The largest absolute Gasteiger partial charge is 0.573 e. The molecule has 2 saturated heterocycles. The van der Waals surface area contributed by atoms with Crippen LogP contribution in [-0.2, 0) is 4.79 Å². The Kier molecular flexibility index (Phi) is 5.65. The van der Waals surface area contributed by atoms with Gasteiger partial charge in [0.1, 0.15) is 5.75 Å². The van der Waals surface area contributed by atoms with Crippen molar-refractivity contribution in [2.45, 2.75) is 18.8 Å². The summed E-state index contributed by atoms with van der Waals surface area (Å²) >= 11 is 1.31. The van der Waals surface area contributed by atoms with Gasteiger partial charge in [-0.05, 0) is 12.1 Å². The first-order valence-electron chi connectivity index (χ1n) is 9.39. The highest BCUT2D eigenvalue weighted by Crippen LogP contribution is 2.30. The first-order chi connectivity index (χ1) is 14.3. The molecule has 1 unspecified atom stereocenters. The molecule has 2 amide bonds. The average molecular weight is 440 g/mol. The third-order valence-corrected chi connectivity index (χ3v) is 5.96. The van der Waals surface area contributed by atoms with Gasteiger partial charge in [-0.1, -0.05) is 6.07 Å². The first kappa shape index (κ1) is 20.6. The highest BCUT2D eigenvalue weighted by atomic mass is 32.1. The highest BCUT2D eigenvalue weighted by Gasteiger charge is 2.37. The van der Waals surface area contributed by atoms with Crippen LogP contribution in [-0.4, -0.2) is 71.7 Å². The van der Waals surface area contributed by atoms with E-state index >= 15 is 0 Å². The summed E-state index contributed by atoms with van der Waals surface area (Å²) in [4.78, 5) is 34.4. The lowest BCUT2D eigenvalue weighted by Crippen LogP contribution is -2.52. The lowest BCUT2D eigenvalue weighted by Gasteiger charge is -2.37. The minimum Gasteiger partial charge on any atom is -0.406 e. The van der Waals surface area contributed by atoms with Crippen LogP contribution in [0.5, 0.6) is 5.75 Å². The fourth-order valence-electron chi connectivity index (χ4n) is 3.79. The zero-order valence-electron chi connectivity index (χ0n) is 15.8. The van der Waals surface area contributed by atoms with Gasteiger partial charge < -0.3 is 14.5 Å². The van der Waals surface area contributed by atoms with Crippen LogP contribution in [0.4, 0.5) is 18.9 Å². The number of rotatable bonds is 4. The molecule has 0 spiro atoms. The molecule has 2 aliphatic rings. The summed E-state index contributed by atoms with van der Waals surface area (Å²) in [5, 5.41) is 2.23. The van der Waals surface area contributed by atoms with E-state index in [9.17, 15) is 22.8 Å². The first-order valence-corrected chi connectivity index (χ1v) is 10.3. The summed E-state index contributed by atoms with van der Waals surface area (Å²) in [6.45, 7) is 2.71. The normalized spacial score (nSPS) is 20.6. The Morgan fingerprint density at radius 2 is 1.97 bits per heavy atom. The second-order valence-corrected chi connectivity index (χ2v) is 7.97. The number of anilines is 1. The predicted molar refractivity (Wildman–Crippen MR) is 103 cm³/mol. The summed E-state index contributed by atoms with van der Waals surface area (Å²) in [6, 6.07) is 5.39. The maximum Gasteiger partial charge on any atom is 0.573 e. The minimum atomic E-state index is -4.79. The average Bonchev–Trinajstić information content (AvgIpc) is 3.36. The van der Waals surface area contributed by atoms with Gasteiger partial charge in [-0.2, -0.15) is 0 Å². The van der Waals surface area contributed by atoms with Crippen molar-refractivity contribution in [1.29, 1.82) is 0 Å². The van der Waals surface area contributed by atoms with Crippen molar-refractivity contribution < 1.29 is 27.5 Å². The SMILES string of the molecule is O=C(c1nccs1)N1CCN(C2CC(=O)N(c3cccc(OC(F)(F)F)c3)C2)CC1. The number of carbonyl (C=O) groups excluding carboxylic acids is 2. The van der Waals surface area contributed by atoms with E-state index in [4.69, 9.17) is 0 Å². The van der Waals surface area contributed by atoms with E-state index in [0.29, 0.717) is 43.4 Å². The van der Waals surface area contributed by atoms with Crippen LogP contribution >= 0.6 is 11.3 Å². The Labute approximate surface area is 174 Å². The van der Waals surface area contributed by atoms with E-state index < -0.39 is 6.36 Å². The van der Waals surface area contributed by atoms with Gasteiger partial charge in [0.15, 0.2) is 5.01 Å². The monoisotopic (exact) mass is 440 g/mol. The number of aromatic nitrogens is 1. The van der Waals surface area contributed by atoms with Crippen molar-refractivity contribution in [3.63, 3.8) is 0 Å². The molecule has 2 fully saturated rings. The summed E-state index contributed by atoms with van der Waals surface area (Å²) in [6.07, 6.45) is -2.90. The fourth-order valence-corrected chi connectivity index (χ4v) is 4.39. The number of alkyl halides is 3. The topological polar surface area (TPSA) is 66.0 Å². The summed E-state index contributed by atoms with van der Waals surface area (Å²) in [5.41, 5.74) is 0.377. The number of hydrogen-bond acceptors (Lipinski definition) is 6. The van der Waals surface area contributed by atoms with Gasteiger partial charge in [-0.25, -0.2) is 4.98 Å². The molecule has 2 aliphatic heterocycles. The summed E-state index contributed by atoms with van der Waals surface area (Å²) < 4.78 is 41.4. The molecule has 1 atom stereocenters. The number of hydrogen-bond donors (Lipinski definition) is 0. The van der Waals surface area contributed by atoms with E-state index in [2.05, 4.69) is 14.6 Å². The number of nitrogens with zero attached hydrogens (tertiary/aromatic N) is 4. The Balaban J connectivity index is 1.36. The molecule has 4 rings (SSSR count). The van der Waals surface area contributed by atoms with Gasteiger partial charge in [0.2, 0.25) is 5.91 Å². The van der Waals surface area contributed by atoms with E-state index in [0.717, 1.165) is 0 Å². The van der Waals surface area contributed by atoms with Crippen LogP contribution in [0.15, 0.2) is 35.8 Å². The number of piperazine rings is 1. The fraction of sp³-hybridized carbons (Fsp3) is 0.421. The van der Waals surface area contributed by atoms with E-state index in [1.807, 2.05) is 0 Å². The molecule has 0 bridgehead atoms. The van der Waals surface area contributed by atoms with Crippen LogP contribution in [0.2, 0.25) is 0 Å². The molecule has 3 heterocycles. The molecule has 0 N–H and O–H groups in total. The number of amides is 2. The van der Waals surface area contributed by atoms with Crippen LogP contribution in [0.3, 0.4) is 0 Å². The number of benzene rings is 1. The lowest BCUT2D eigenvalue weighted by molar-refractivity contribution is -0.274. The molecule has 0 aliphatic carbocycles. The van der Waals surface area contributed by atoms with Crippen molar-refractivity contribution in [2.24, 2.45) is 0 Å². The molecule has 1 aromatic heterocycles. The summed E-state index contributed by atoms with van der Waals surface area (Å²) in [7, 11) is 0. The molecular weight excluding hydrogens is 421 g/mol. The molecule has 11 heteroatoms. The maximum atomic E-state index is 12.5. The molecule has 0 saturated carbocycles. The van der Waals surface area contributed by atoms with Gasteiger partial charge in [0, 0.05) is 68.5 Å². The van der Waals surface area contributed by atoms with Crippen molar-refractivity contribution in [1.82, 2.24) is 14.8 Å². The molecule has 2 aromatic rings. The molecule has 7 nitrogen and oxygen atoms in total. The standard InChI is InChI=1S/C19H19F3N4O3S/c20-19(21,22)29-15-3-1-2-13(10-15)26-12-14(11-16(26)27)24-5-7-25(8-6-24)18(28)17-23-4-9-30-17/h1-4,9-10,14H,5-8,11-12H2. The third-order valence-electron chi connectivity index (χ3n) is 5.20. The summed E-state index contributed by atoms with van der Waals surface area (Å²) in [5.74, 6) is -0.591. The molecule has 1 aromatic carbocycles. The zero-order valence-corrected chi connectivity index (χ0v) is 16.7. The number of halogens is 3. The van der Waals surface area contributed by atoms with Crippen LogP contribution in [0.1, 0.15) is 16.2 Å². The smallest absolute Gasteiger partial charge is 0.406 e. The molecule has 30 heavy (non-hydrogen) atoms.